The first-order chi connectivity index (χ1) is 13.3. The third-order valence-electron chi connectivity index (χ3n) is 4.51. The van der Waals surface area contributed by atoms with E-state index < -0.39 is 5.41 Å². The van der Waals surface area contributed by atoms with Crippen LogP contribution in [0.3, 0.4) is 0 Å². The average molecular weight is 372 g/mol. The van der Waals surface area contributed by atoms with Crippen LogP contribution in [0.15, 0.2) is 54.7 Å². The Balaban J connectivity index is 1.93. The Kier molecular flexibility index (Phi) is 5.41. The summed E-state index contributed by atoms with van der Waals surface area (Å²) in [6.45, 7) is 7.20. The van der Waals surface area contributed by atoms with Gasteiger partial charge in [0.15, 0.2) is 5.78 Å². The standard InChI is InChI=1S/C24H24N2O2/c1-16(27)18-10-7-17(8-11-18)9-12-19-13-14-21(26-23(28)24(2,3)4)22-20(19)6-5-15-25-22/h5-15H,1-4H3,(H,26,28). The molecule has 1 heterocycles. The molecule has 0 aliphatic carbocycles. The zero-order valence-electron chi connectivity index (χ0n) is 16.6. The normalized spacial score (nSPS) is 11.7. The molecule has 28 heavy (non-hydrogen) atoms. The monoisotopic (exact) mass is 372 g/mol. The van der Waals surface area contributed by atoms with Gasteiger partial charge in [0.05, 0.1) is 11.2 Å². The van der Waals surface area contributed by atoms with Crippen molar-refractivity contribution in [1.29, 1.82) is 0 Å². The van der Waals surface area contributed by atoms with E-state index in [1.165, 1.54) is 0 Å². The maximum absolute atomic E-state index is 12.4. The fourth-order valence-electron chi connectivity index (χ4n) is 2.77. The van der Waals surface area contributed by atoms with Crippen LogP contribution in [0.25, 0.3) is 23.1 Å². The van der Waals surface area contributed by atoms with Gasteiger partial charge in [0.25, 0.3) is 0 Å². The van der Waals surface area contributed by atoms with Crippen molar-refractivity contribution in [2.75, 3.05) is 5.32 Å². The minimum Gasteiger partial charge on any atom is -0.324 e. The van der Waals surface area contributed by atoms with E-state index in [4.69, 9.17) is 0 Å². The quantitative estimate of drug-likeness (QED) is 0.479. The first-order valence-electron chi connectivity index (χ1n) is 9.24. The number of pyridine rings is 1. The van der Waals surface area contributed by atoms with Crippen LogP contribution in [0.4, 0.5) is 5.69 Å². The van der Waals surface area contributed by atoms with Gasteiger partial charge in [-0.15, -0.1) is 0 Å². The van der Waals surface area contributed by atoms with Crippen LogP contribution in [0.1, 0.15) is 49.2 Å². The molecule has 2 aromatic carbocycles. The number of hydrogen-bond donors (Lipinski definition) is 1. The number of anilines is 1. The van der Waals surface area contributed by atoms with E-state index in [2.05, 4.69) is 10.3 Å². The number of hydrogen-bond acceptors (Lipinski definition) is 3. The van der Waals surface area contributed by atoms with Gasteiger partial charge in [-0.1, -0.05) is 69.3 Å². The number of aromatic nitrogens is 1. The molecular formula is C24H24N2O2. The summed E-state index contributed by atoms with van der Waals surface area (Å²) >= 11 is 0. The first kappa shape index (κ1) is 19.5. The van der Waals surface area contributed by atoms with Crippen molar-refractivity contribution in [2.24, 2.45) is 5.41 Å². The molecule has 0 bridgehead atoms. The highest BCUT2D eigenvalue weighted by Gasteiger charge is 2.22. The van der Waals surface area contributed by atoms with Crippen LogP contribution in [0.5, 0.6) is 0 Å². The third-order valence-corrected chi connectivity index (χ3v) is 4.51. The molecule has 0 saturated heterocycles. The van der Waals surface area contributed by atoms with Crippen molar-refractivity contribution >= 4 is 40.4 Å². The molecule has 0 unspecified atom stereocenters. The lowest BCUT2D eigenvalue weighted by Gasteiger charge is -2.18. The Morgan fingerprint density at radius 3 is 2.32 bits per heavy atom. The number of fused-ring (bicyclic) bond motifs is 1. The van der Waals surface area contributed by atoms with Gasteiger partial charge in [0, 0.05) is 22.6 Å². The average Bonchev–Trinajstić information content (AvgIpc) is 2.67. The smallest absolute Gasteiger partial charge is 0.229 e. The Morgan fingerprint density at radius 2 is 1.68 bits per heavy atom. The SMILES string of the molecule is CC(=O)c1ccc(C=Cc2ccc(NC(=O)C(C)(C)C)c3ncccc23)cc1. The highest BCUT2D eigenvalue weighted by Crippen LogP contribution is 2.28. The summed E-state index contributed by atoms with van der Waals surface area (Å²) in [5.74, 6) is 0.00815. The van der Waals surface area contributed by atoms with Crippen molar-refractivity contribution in [3.05, 3.63) is 71.4 Å². The van der Waals surface area contributed by atoms with Crippen LogP contribution in [-0.2, 0) is 4.79 Å². The summed E-state index contributed by atoms with van der Waals surface area (Å²) < 4.78 is 0. The molecule has 142 valence electrons. The molecule has 0 saturated carbocycles. The van der Waals surface area contributed by atoms with E-state index >= 15 is 0 Å². The lowest BCUT2D eigenvalue weighted by atomic mass is 9.95. The number of amides is 1. The summed E-state index contributed by atoms with van der Waals surface area (Å²) in [6, 6.07) is 15.2. The molecule has 4 nitrogen and oxygen atoms in total. The number of Topliss-reactive ketones (excluding diaryl/α,β-unsaturated/α-hetero) is 1. The summed E-state index contributed by atoms with van der Waals surface area (Å²) in [4.78, 5) is 28.2. The fraction of sp³-hybridized carbons (Fsp3) is 0.208. The van der Waals surface area contributed by atoms with Crippen LogP contribution < -0.4 is 5.32 Å². The zero-order chi connectivity index (χ0) is 20.3. The summed E-state index contributed by atoms with van der Waals surface area (Å²) in [7, 11) is 0. The number of ketones is 1. The molecule has 3 aromatic rings. The van der Waals surface area contributed by atoms with E-state index in [-0.39, 0.29) is 11.7 Å². The van der Waals surface area contributed by atoms with Crippen molar-refractivity contribution in [3.8, 4) is 0 Å². The van der Waals surface area contributed by atoms with Gasteiger partial charge < -0.3 is 5.32 Å². The number of nitrogens with zero attached hydrogens (tertiary/aromatic N) is 1. The molecule has 0 aliphatic rings. The lowest BCUT2D eigenvalue weighted by Crippen LogP contribution is -2.27. The topological polar surface area (TPSA) is 59.1 Å². The summed E-state index contributed by atoms with van der Waals surface area (Å²) in [5, 5.41) is 3.95. The summed E-state index contributed by atoms with van der Waals surface area (Å²) in [5.41, 5.74) is 3.70. The van der Waals surface area contributed by atoms with E-state index in [0.29, 0.717) is 11.3 Å². The number of carbonyl (C=O) groups is 2. The minimum atomic E-state index is -0.480. The molecule has 1 N–H and O–H groups in total. The highest BCUT2D eigenvalue weighted by molar-refractivity contribution is 6.04. The Hall–Kier alpha value is -3.27. The molecule has 0 atom stereocenters. The maximum Gasteiger partial charge on any atom is 0.229 e. The molecule has 3 rings (SSSR count). The molecule has 1 amide bonds. The predicted molar refractivity (Wildman–Crippen MR) is 115 cm³/mol. The van der Waals surface area contributed by atoms with Gasteiger partial charge in [-0.3, -0.25) is 14.6 Å². The molecule has 0 fully saturated rings. The maximum atomic E-state index is 12.4. The Labute approximate surface area is 165 Å². The third kappa shape index (κ3) is 4.34. The molecular weight excluding hydrogens is 348 g/mol. The van der Waals surface area contributed by atoms with Gasteiger partial charge in [-0.2, -0.15) is 0 Å². The highest BCUT2D eigenvalue weighted by atomic mass is 16.2. The zero-order valence-corrected chi connectivity index (χ0v) is 16.6. The van der Waals surface area contributed by atoms with Crippen molar-refractivity contribution in [2.45, 2.75) is 27.7 Å². The van der Waals surface area contributed by atoms with Gasteiger partial charge in [-0.25, -0.2) is 0 Å². The summed E-state index contributed by atoms with van der Waals surface area (Å²) in [6.07, 6.45) is 5.74. The lowest BCUT2D eigenvalue weighted by molar-refractivity contribution is -0.123. The number of nitrogens with one attached hydrogen (secondary N) is 1. The molecule has 0 aliphatic heterocycles. The first-order valence-corrected chi connectivity index (χ1v) is 9.24. The molecule has 0 radical (unpaired) electrons. The van der Waals surface area contributed by atoms with Crippen molar-refractivity contribution in [1.82, 2.24) is 4.98 Å². The van der Waals surface area contributed by atoms with E-state index in [1.54, 1.807) is 13.1 Å². The van der Waals surface area contributed by atoms with Crippen molar-refractivity contribution < 1.29 is 9.59 Å². The van der Waals surface area contributed by atoms with E-state index in [0.717, 1.165) is 22.0 Å². The second-order valence-corrected chi connectivity index (χ2v) is 7.82. The van der Waals surface area contributed by atoms with Crippen molar-refractivity contribution in [3.63, 3.8) is 0 Å². The van der Waals surface area contributed by atoms with Gasteiger partial charge in [0.1, 0.15) is 0 Å². The van der Waals surface area contributed by atoms with Crippen LogP contribution in [-0.4, -0.2) is 16.7 Å². The number of rotatable bonds is 4. The van der Waals surface area contributed by atoms with Crippen LogP contribution in [0.2, 0.25) is 0 Å². The van der Waals surface area contributed by atoms with E-state index in [9.17, 15) is 9.59 Å². The molecule has 1 aromatic heterocycles. The molecule has 0 spiro atoms. The number of carbonyl (C=O) groups excluding carboxylic acids is 2. The minimum absolute atomic E-state index is 0.0479. The van der Waals surface area contributed by atoms with Gasteiger partial charge in [0.2, 0.25) is 5.91 Å². The Bertz CT molecular complexity index is 1060. The van der Waals surface area contributed by atoms with Gasteiger partial charge in [-0.05, 0) is 30.2 Å². The molecule has 4 heteroatoms. The largest absolute Gasteiger partial charge is 0.324 e. The number of benzene rings is 2. The van der Waals surface area contributed by atoms with Gasteiger partial charge >= 0.3 is 0 Å². The fourth-order valence-corrected chi connectivity index (χ4v) is 2.77. The van der Waals surface area contributed by atoms with Crippen LogP contribution in [0, 0.1) is 5.41 Å². The predicted octanol–water partition coefficient (Wildman–Crippen LogP) is 5.59. The second-order valence-electron chi connectivity index (χ2n) is 7.82. The van der Waals surface area contributed by atoms with Crippen LogP contribution >= 0.6 is 0 Å². The Morgan fingerprint density at radius 1 is 0.964 bits per heavy atom. The second kappa shape index (κ2) is 7.77. The van der Waals surface area contributed by atoms with E-state index in [1.807, 2.05) is 81.5 Å².